The van der Waals surface area contributed by atoms with Gasteiger partial charge in [-0.1, -0.05) is 18.2 Å². The number of alkyl halides is 3. The highest BCUT2D eigenvalue weighted by Crippen LogP contribution is 2.34. The third kappa shape index (κ3) is 3.86. The molecule has 1 aliphatic rings. The maximum atomic E-state index is 12.9. The maximum Gasteiger partial charge on any atom is 0.416 e. The van der Waals surface area contributed by atoms with E-state index in [0.29, 0.717) is 18.7 Å². The van der Waals surface area contributed by atoms with Gasteiger partial charge in [0.15, 0.2) is 0 Å². The van der Waals surface area contributed by atoms with E-state index < -0.39 is 17.2 Å². The van der Waals surface area contributed by atoms with Crippen LogP contribution in [0.4, 0.5) is 13.2 Å². The van der Waals surface area contributed by atoms with Gasteiger partial charge in [-0.15, -0.1) is 0 Å². The van der Waals surface area contributed by atoms with Gasteiger partial charge in [-0.2, -0.15) is 13.2 Å². The van der Waals surface area contributed by atoms with E-state index in [9.17, 15) is 18.0 Å². The smallest absolute Gasteiger partial charge is 0.396 e. The second kappa shape index (κ2) is 6.51. The molecule has 1 saturated heterocycles. The third-order valence-corrected chi connectivity index (χ3v) is 4.61. The van der Waals surface area contributed by atoms with Crippen LogP contribution in [0.1, 0.15) is 37.8 Å². The summed E-state index contributed by atoms with van der Waals surface area (Å²) in [4.78, 5) is 14.4. The standard InChI is InChI=1S/C17H22F3NO2/c1-16(2,13-4-3-5-14(10-13)17(18,19)20)15(23)21-8-6-12(11-22)7-9-21/h3-5,10,12,22H,6-9,11H2,1-2H3. The van der Waals surface area contributed by atoms with Crippen LogP contribution < -0.4 is 0 Å². The van der Waals surface area contributed by atoms with E-state index in [4.69, 9.17) is 5.11 Å². The topological polar surface area (TPSA) is 40.5 Å². The second-order valence-electron chi connectivity index (χ2n) is 6.62. The van der Waals surface area contributed by atoms with E-state index in [0.717, 1.165) is 25.0 Å². The van der Waals surface area contributed by atoms with E-state index in [2.05, 4.69) is 0 Å². The van der Waals surface area contributed by atoms with Gasteiger partial charge in [0.25, 0.3) is 0 Å². The Labute approximate surface area is 134 Å². The molecule has 0 unspecified atom stereocenters. The quantitative estimate of drug-likeness (QED) is 0.925. The lowest BCUT2D eigenvalue weighted by molar-refractivity contribution is -0.139. The van der Waals surface area contributed by atoms with Crippen LogP contribution in [0.25, 0.3) is 0 Å². The lowest BCUT2D eigenvalue weighted by atomic mass is 9.81. The van der Waals surface area contributed by atoms with Gasteiger partial charge in [0.05, 0.1) is 11.0 Å². The lowest BCUT2D eigenvalue weighted by Gasteiger charge is -2.37. The molecule has 128 valence electrons. The van der Waals surface area contributed by atoms with Gasteiger partial charge in [-0.3, -0.25) is 4.79 Å². The van der Waals surface area contributed by atoms with Gasteiger partial charge in [-0.25, -0.2) is 0 Å². The summed E-state index contributed by atoms with van der Waals surface area (Å²) in [5.74, 6) is 0.0314. The van der Waals surface area contributed by atoms with Crippen LogP contribution in [0.2, 0.25) is 0 Å². The fraction of sp³-hybridized carbons (Fsp3) is 0.588. The molecular formula is C17H22F3NO2. The number of nitrogens with zero attached hydrogens (tertiary/aromatic N) is 1. The molecule has 1 aromatic carbocycles. The van der Waals surface area contributed by atoms with E-state index >= 15 is 0 Å². The van der Waals surface area contributed by atoms with Crippen LogP contribution >= 0.6 is 0 Å². The van der Waals surface area contributed by atoms with Crippen molar-refractivity contribution >= 4 is 5.91 Å². The van der Waals surface area contributed by atoms with Crippen LogP contribution in [0.15, 0.2) is 24.3 Å². The van der Waals surface area contributed by atoms with Gasteiger partial charge in [0.1, 0.15) is 0 Å². The zero-order valence-electron chi connectivity index (χ0n) is 13.4. The fourth-order valence-electron chi connectivity index (χ4n) is 2.92. The first-order valence-corrected chi connectivity index (χ1v) is 7.74. The minimum atomic E-state index is -4.42. The number of benzene rings is 1. The molecule has 0 aliphatic carbocycles. The number of hydrogen-bond donors (Lipinski definition) is 1. The summed E-state index contributed by atoms with van der Waals surface area (Å²) in [6.07, 6.45) is -2.98. The van der Waals surface area contributed by atoms with Crippen molar-refractivity contribution in [2.45, 2.75) is 38.3 Å². The number of aliphatic hydroxyl groups is 1. The van der Waals surface area contributed by atoms with Crippen molar-refractivity contribution in [2.75, 3.05) is 19.7 Å². The molecule has 23 heavy (non-hydrogen) atoms. The number of carbonyl (C=O) groups excluding carboxylic acids is 1. The predicted molar refractivity (Wildman–Crippen MR) is 80.9 cm³/mol. The number of halogens is 3. The number of carbonyl (C=O) groups is 1. The highest BCUT2D eigenvalue weighted by Gasteiger charge is 2.37. The molecule has 3 nitrogen and oxygen atoms in total. The Balaban J connectivity index is 2.19. The minimum Gasteiger partial charge on any atom is -0.396 e. The van der Waals surface area contributed by atoms with E-state index in [1.165, 1.54) is 6.07 Å². The Morgan fingerprint density at radius 2 is 1.78 bits per heavy atom. The van der Waals surface area contributed by atoms with Gasteiger partial charge in [0, 0.05) is 19.7 Å². The molecule has 0 radical (unpaired) electrons. The van der Waals surface area contributed by atoms with E-state index in [1.54, 1.807) is 24.8 Å². The molecule has 0 aromatic heterocycles. The van der Waals surface area contributed by atoms with Gasteiger partial charge >= 0.3 is 6.18 Å². The summed E-state index contributed by atoms with van der Waals surface area (Å²) < 4.78 is 38.6. The zero-order chi connectivity index (χ0) is 17.3. The molecule has 6 heteroatoms. The molecule has 1 aliphatic heterocycles. The van der Waals surface area contributed by atoms with Gasteiger partial charge in [-0.05, 0) is 44.2 Å². The van der Waals surface area contributed by atoms with Crippen molar-refractivity contribution in [3.8, 4) is 0 Å². The van der Waals surface area contributed by atoms with Crippen LogP contribution in [0.5, 0.6) is 0 Å². The van der Waals surface area contributed by atoms with Crippen molar-refractivity contribution in [3.63, 3.8) is 0 Å². The van der Waals surface area contributed by atoms with Crippen LogP contribution in [0.3, 0.4) is 0 Å². The summed E-state index contributed by atoms with van der Waals surface area (Å²) in [5.41, 5.74) is -1.40. The fourth-order valence-corrected chi connectivity index (χ4v) is 2.92. The molecule has 1 N–H and O–H groups in total. The van der Waals surface area contributed by atoms with E-state index in [-0.39, 0.29) is 18.4 Å². The molecule has 1 amide bonds. The normalized spacial score (nSPS) is 17.4. The first-order valence-electron chi connectivity index (χ1n) is 7.74. The highest BCUT2D eigenvalue weighted by atomic mass is 19.4. The highest BCUT2D eigenvalue weighted by molar-refractivity contribution is 5.87. The van der Waals surface area contributed by atoms with Crippen molar-refractivity contribution in [2.24, 2.45) is 5.92 Å². The van der Waals surface area contributed by atoms with Crippen molar-refractivity contribution in [1.82, 2.24) is 4.90 Å². The molecular weight excluding hydrogens is 307 g/mol. The summed E-state index contributed by atoms with van der Waals surface area (Å²) in [6.45, 7) is 4.49. The predicted octanol–water partition coefficient (Wildman–Crippen LogP) is 3.21. The largest absolute Gasteiger partial charge is 0.416 e. The number of hydrogen-bond acceptors (Lipinski definition) is 2. The number of aliphatic hydroxyl groups excluding tert-OH is 1. The average Bonchev–Trinajstić information content (AvgIpc) is 2.53. The average molecular weight is 329 g/mol. The Morgan fingerprint density at radius 3 is 2.30 bits per heavy atom. The summed E-state index contributed by atoms with van der Waals surface area (Å²) in [5, 5.41) is 9.15. The molecule has 2 rings (SSSR count). The first-order chi connectivity index (χ1) is 10.7. The van der Waals surface area contributed by atoms with Crippen molar-refractivity contribution < 1.29 is 23.1 Å². The summed E-state index contributed by atoms with van der Waals surface area (Å²) in [6, 6.07) is 4.97. The number of amides is 1. The van der Waals surface area contributed by atoms with Gasteiger partial charge in [0.2, 0.25) is 5.91 Å². The van der Waals surface area contributed by atoms with E-state index in [1.807, 2.05) is 0 Å². The first kappa shape index (κ1) is 17.8. The zero-order valence-corrected chi connectivity index (χ0v) is 13.4. The molecule has 1 fully saturated rings. The molecule has 0 atom stereocenters. The monoisotopic (exact) mass is 329 g/mol. The molecule has 0 saturated carbocycles. The van der Waals surface area contributed by atoms with Gasteiger partial charge < -0.3 is 10.0 Å². The molecule has 1 aromatic rings. The lowest BCUT2D eigenvalue weighted by Crippen LogP contribution is -2.47. The Kier molecular flexibility index (Phi) is 5.04. The van der Waals surface area contributed by atoms with Crippen LogP contribution in [-0.2, 0) is 16.4 Å². The second-order valence-corrected chi connectivity index (χ2v) is 6.62. The van der Waals surface area contributed by atoms with Crippen molar-refractivity contribution in [3.05, 3.63) is 35.4 Å². The number of rotatable bonds is 3. The Hall–Kier alpha value is -1.56. The third-order valence-electron chi connectivity index (χ3n) is 4.61. The molecule has 0 spiro atoms. The number of likely N-dealkylation sites (tertiary alicyclic amines) is 1. The molecule has 0 bridgehead atoms. The maximum absolute atomic E-state index is 12.9. The van der Waals surface area contributed by atoms with Crippen LogP contribution in [0, 0.1) is 5.92 Å². The summed E-state index contributed by atoms with van der Waals surface area (Å²) >= 11 is 0. The SMILES string of the molecule is CC(C)(C(=O)N1CCC(CO)CC1)c1cccc(C(F)(F)F)c1. The molecule has 1 heterocycles. The summed E-state index contributed by atoms with van der Waals surface area (Å²) in [7, 11) is 0. The van der Waals surface area contributed by atoms with Crippen molar-refractivity contribution in [1.29, 1.82) is 0 Å². The van der Waals surface area contributed by atoms with Crippen LogP contribution in [-0.4, -0.2) is 35.6 Å². The number of piperidine rings is 1. The Morgan fingerprint density at radius 1 is 1.22 bits per heavy atom. The minimum absolute atomic E-state index is 0.110. The Bertz CT molecular complexity index is 561.